The van der Waals surface area contributed by atoms with Gasteiger partial charge in [0.1, 0.15) is 17.4 Å². The maximum absolute atomic E-state index is 11.0. The Kier molecular flexibility index (Phi) is 3.80. The third kappa shape index (κ3) is 2.76. The van der Waals surface area contributed by atoms with Crippen LogP contribution in [0.4, 0.5) is 5.69 Å². The van der Waals surface area contributed by atoms with E-state index in [1.165, 1.54) is 13.2 Å². The van der Waals surface area contributed by atoms with Gasteiger partial charge in [-0.2, -0.15) is 0 Å². The monoisotopic (exact) mass is 229 g/mol. The van der Waals surface area contributed by atoms with Gasteiger partial charge in [-0.15, -0.1) is 11.6 Å². The molecule has 0 radical (unpaired) electrons. The summed E-state index contributed by atoms with van der Waals surface area (Å²) in [5.41, 5.74) is 1.09. The molecule has 1 amide bonds. The summed E-state index contributed by atoms with van der Waals surface area (Å²) in [6.07, 6.45) is 0. The van der Waals surface area contributed by atoms with Crippen LogP contribution in [-0.2, 0) is 4.79 Å². The summed E-state index contributed by atoms with van der Waals surface area (Å²) in [7, 11) is 1.52. The summed E-state index contributed by atoms with van der Waals surface area (Å²) in [6.45, 7) is 1.80. The number of halogens is 1. The van der Waals surface area contributed by atoms with E-state index in [0.29, 0.717) is 11.4 Å². The number of aromatic hydroxyl groups is 1. The van der Waals surface area contributed by atoms with Crippen molar-refractivity contribution in [1.82, 2.24) is 0 Å². The Hall–Kier alpha value is -1.42. The molecule has 82 valence electrons. The molecule has 0 unspecified atom stereocenters. The average Bonchev–Trinajstić information content (AvgIpc) is 2.21. The zero-order chi connectivity index (χ0) is 11.4. The van der Waals surface area contributed by atoms with Gasteiger partial charge in [0.25, 0.3) is 0 Å². The molecule has 0 atom stereocenters. The van der Waals surface area contributed by atoms with Crippen molar-refractivity contribution < 1.29 is 14.6 Å². The fourth-order valence-electron chi connectivity index (χ4n) is 1.18. The molecule has 0 aliphatic carbocycles. The molecule has 0 heterocycles. The highest BCUT2D eigenvalue weighted by Crippen LogP contribution is 2.31. The van der Waals surface area contributed by atoms with Crippen molar-refractivity contribution in [3.05, 3.63) is 17.7 Å². The minimum absolute atomic E-state index is 0.00762. The van der Waals surface area contributed by atoms with Gasteiger partial charge in [0, 0.05) is 6.07 Å². The van der Waals surface area contributed by atoms with E-state index >= 15 is 0 Å². The Bertz CT molecular complexity index is 379. The number of hydrogen-bond acceptors (Lipinski definition) is 3. The smallest absolute Gasteiger partial charge is 0.239 e. The Morgan fingerprint density at radius 2 is 2.27 bits per heavy atom. The van der Waals surface area contributed by atoms with Crippen LogP contribution in [0.1, 0.15) is 5.56 Å². The number of ether oxygens (including phenoxy) is 1. The van der Waals surface area contributed by atoms with Gasteiger partial charge >= 0.3 is 0 Å². The lowest BCUT2D eigenvalue weighted by molar-refractivity contribution is -0.113. The molecule has 1 rings (SSSR count). The first-order chi connectivity index (χ1) is 7.08. The number of carbonyl (C=O) groups is 1. The van der Waals surface area contributed by atoms with Gasteiger partial charge in [-0.3, -0.25) is 4.79 Å². The number of hydrogen-bond donors (Lipinski definition) is 2. The van der Waals surface area contributed by atoms with Crippen molar-refractivity contribution in [2.45, 2.75) is 6.92 Å². The number of benzene rings is 1. The van der Waals surface area contributed by atoms with Crippen LogP contribution in [0.3, 0.4) is 0 Å². The van der Waals surface area contributed by atoms with E-state index in [2.05, 4.69) is 5.32 Å². The minimum Gasteiger partial charge on any atom is -0.506 e. The molecule has 0 aliphatic rings. The van der Waals surface area contributed by atoms with Gasteiger partial charge < -0.3 is 15.2 Å². The highest BCUT2D eigenvalue weighted by molar-refractivity contribution is 6.29. The van der Waals surface area contributed by atoms with Crippen molar-refractivity contribution in [3.63, 3.8) is 0 Å². The normalized spacial score (nSPS) is 9.80. The van der Waals surface area contributed by atoms with E-state index in [9.17, 15) is 9.90 Å². The number of rotatable bonds is 3. The number of anilines is 1. The van der Waals surface area contributed by atoms with E-state index in [1.54, 1.807) is 13.0 Å². The summed E-state index contributed by atoms with van der Waals surface area (Å²) in [5, 5.41) is 12.0. The lowest BCUT2D eigenvalue weighted by Crippen LogP contribution is -2.12. The topological polar surface area (TPSA) is 58.6 Å². The number of aryl methyl sites for hydroxylation is 1. The average molecular weight is 230 g/mol. The predicted octanol–water partition coefficient (Wildman–Crippen LogP) is 1.89. The van der Waals surface area contributed by atoms with Gasteiger partial charge in [-0.05, 0) is 18.6 Å². The van der Waals surface area contributed by atoms with Crippen LogP contribution in [-0.4, -0.2) is 24.0 Å². The van der Waals surface area contributed by atoms with Crippen molar-refractivity contribution in [3.8, 4) is 11.5 Å². The summed E-state index contributed by atoms with van der Waals surface area (Å²) in [6, 6.07) is 3.07. The Morgan fingerprint density at radius 1 is 1.60 bits per heavy atom. The van der Waals surface area contributed by atoms with Crippen LogP contribution in [0.2, 0.25) is 0 Å². The van der Waals surface area contributed by atoms with E-state index in [4.69, 9.17) is 16.3 Å². The van der Waals surface area contributed by atoms with Gasteiger partial charge in [-0.1, -0.05) is 0 Å². The van der Waals surface area contributed by atoms with Gasteiger partial charge in [0.15, 0.2) is 0 Å². The minimum atomic E-state index is -0.377. The van der Waals surface area contributed by atoms with Gasteiger partial charge in [0.2, 0.25) is 5.91 Å². The molecule has 1 aromatic rings. The van der Waals surface area contributed by atoms with E-state index < -0.39 is 0 Å². The second-order valence-electron chi connectivity index (χ2n) is 3.02. The summed E-state index contributed by atoms with van der Waals surface area (Å²) >= 11 is 5.33. The maximum atomic E-state index is 11.0. The molecule has 0 saturated carbocycles. The number of nitrogens with one attached hydrogen (secondary N) is 1. The second kappa shape index (κ2) is 4.89. The fourth-order valence-corrected chi connectivity index (χ4v) is 1.24. The SMILES string of the molecule is COc1cc(NC(=O)CCl)c(O)cc1C. The Balaban J connectivity index is 3.02. The molecule has 0 saturated heterocycles. The largest absolute Gasteiger partial charge is 0.506 e. The van der Waals surface area contributed by atoms with Crippen LogP contribution in [0.5, 0.6) is 11.5 Å². The lowest BCUT2D eigenvalue weighted by atomic mass is 10.2. The molecule has 1 aromatic carbocycles. The number of phenols is 1. The van der Waals surface area contributed by atoms with Crippen molar-refractivity contribution in [1.29, 1.82) is 0 Å². The van der Waals surface area contributed by atoms with Crippen molar-refractivity contribution >= 4 is 23.2 Å². The molecule has 0 aromatic heterocycles. The van der Waals surface area contributed by atoms with Crippen molar-refractivity contribution in [2.75, 3.05) is 18.3 Å². The lowest BCUT2D eigenvalue weighted by Gasteiger charge is -2.10. The second-order valence-corrected chi connectivity index (χ2v) is 3.29. The third-order valence-electron chi connectivity index (χ3n) is 1.91. The highest BCUT2D eigenvalue weighted by Gasteiger charge is 2.09. The molecule has 0 aliphatic heterocycles. The van der Waals surface area contributed by atoms with Gasteiger partial charge in [-0.25, -0.2) is 0 Å². The van der Waals surface area contributed by atoms with Crippen LogP contribution in [0, 0.1) is 6.92 Å². The first-order valence-electron chi connectivity index (χ1n) is 4.32. The summed E-state index contributed by atoms with van der Waals surface area (Å²) in [4.78, 5) is 11.0. The molecule has 0 spiro atoms. The number of amides is 1. The van der Waals surface area contributed by atoms with Crippen LogP contribution < -0.4 is 10.1 Å². The quantitative estimate of drug-likeness (QED) is 0.615. The highest BCUT2D eigenvalue weighted by atomic mass is 35.5. The summed E-state index contributed by atoms with van der Waals surface area (Å²) < 4.78 is 5.06. The maximum Gasteiger partial charge on any atom is 0.239 e. The zero-order valence-electron chi connectivity index (χ0n) is 8.50. The molecule has 15 heavy (non-hydrogen) atoms. The zero-order valence-corrected chi connectivity index (χ0v) is 9.26. The Morgan fingerprint density at radius 3 is 2.80 bits per heavy atom. The van der Waals surface area contributed by atoms with E-state index in [0.717, 1.165) is 5.56 Å². The molecular weight excluding hydrogens is 218 g/mol. The summed E-state index contributed by atoms with van der Waals surface area (Å²) in [5.74, 6) is 0.0534. The predicted molar refractivity (Wildman–Crippen MR) is 58.7 cm³/mol. The van der Waals surface area contributed by atoms with E-state index in [1.807, 2.05) is 0 Å². The number of alkyl halides is 1. The van der Waals surface area contributed by atoms with Crippen LogP contribution >= 0.6 is 11.6 Å². The van der Waals surface area contributed by atoms with Crippen LogP contribution in [0.25, 0.3) is 0 Å². The molecule has 0 bridgehead atoms. The molecule has 5 heteroatoms. The van der Waals surface area contributed by atoms with E-state index in [-0.39, 0.29) is 17.5 Å². The first-order valence-corrected chi connectivity index (χ1v) is 4.85. The standard InChI is InChI=1S/C10H12ClNO3/c1-6-3-8(13)7(4-9(6)15-2)12-10(14)5-11/h3-4,13H,5H2,1-2H3,(H,12,14). The van der Waals surface area contributed by atoms with Gasteiger partial charge in [0.05, 0.1) is 12.8 Å². The first kappa shape index (κ1) is 11.7. The number of methoxy groups -OCH3 is 1. The number of carbonyl (C=O) groups excluding carboxylic acids is 1. The molecule has 2 N–H and O–H groups in total. The molecular formula is C10H12ClNO3. The fraction of sp³-hybridized carbons (Fsp3) is 0.300. The molecule has 0 fully saturated rings. The third-order valence-corrected chi connectivity index (χ3v) is 2.15. The molecule has 4 nitrogen and oxygen atoms in total. The van der Waals surface area contributed by atoms with Crippen LogP contribution in [0.15, 0.2) is 12.1 Å². The Labute approximate surface area is 92.8 Å². The van der Waals surface area contributed by atoms with Crippen molar-refractivity contribution in [2.24, 2.45) is 0 Å². The number of phenolic OH excluding ortho intramolecular Hbond substituents is 1.